The summed E-state index contributed by atoms with van der Waals surface area (Å²) in [5, 5.41) is 24.1. The number of carbonyl (C=O) groups is 5. The molecule has 0 aromatic heterocycles. The quantitative estimate of drug-likeness (QED) is 0.370. The van der Waals surface area contributed by atoms with E-state index in [-0.39, 0.29) is 31.2 Å². The topological polar surface area (TPSA) is 163 Å². The molecule has 2 N–H and O–H groups in total. The standard InChI is InChI=1S/C33H42O11/c1-17-13-32(40)24(25(17)43-27(38)21-11-9-8-10-12-21)26(41-18(2)34)30(6)16-33(44-20(4)36)22(14-29(5,39)15-23(33)37)31(30,7)28(32)42-19(3)35/h8-12,17,22,24-26,28,39-40H,13-16H2,1-7H3/t17-,22-,24+,25-,26+,28+,29+,30-,31+,32+,33-/m0/s1. The van der Waals surface area contributed by atoms with Gasteiger partial charge in [-0.25, -0.2) is 4.79 Å². The Morgan fingerprint density at radius 3 is 2.05 bits per heavy atom. The average Bonchev–Trinajstić information content (AvgIpc) is 3.26. The van der Waals surface area contributed by atoms with Crippen molar-refractivity contribution in [1.29, 1.82) is 0 Å². The fourth-order valence-corrected chi connectivity index (χ4v) is 9.49. The van der Waals surface area contributed by atoms with Gasteiger partial charge in [0.25, 0.3) is 0 Å². The number of esters is 4. The minimum atomic E-state index is -1.90. The Hall–Kier alpha value is -3.31. The van der Waals surface area contributed by atoms with E-state index in [0.717, 1.165) is 0 Å². The van der Waals surface area contributed by atoms with Gasteiger partial charge in [0.1, 0.15) is 23.9 Å². The second-order valence-electron chi connectivity index (χ2n) is 14.2. The van der Waals surface area contributed by atoms with Crippen LogP contribution in [-0.4, -0.2) is 75.0 Å². The highest BCUT2D eigenvalue weighted by Gasteiger charge is 2.84. The second kappa shape index (κ2) is 10.4. The predicted molar refractivity (Wildman–Crippen MR) is 153 cm³/mol. The average molecular weight is 615 g/mol. The Morgan fingerprint density at radius 2 is 1.48 bits per heavy atom. The lowest BCUT2D eigenvalue weighted by atomic mass is 9.46. The number of ether oxygens (including phenoxy) is 4. The Bertz CT molecular complexity index is 1390. The maximum atomic E-state index is 14.0. The molecule has 4 aliphatic rings. The summed E-state index contributed by atoms with van der Waals surface area (Å²) in [5.41, 5.74) is -7.53. The molecule has 0 spiro atoms. The third-order valence-electron chi connectivity index (χ3n) is 11.1. The van der Waals surface area contributed by atoms with Crippen molar-refractivity contribution in [3.05, 3.63) is 35.9 Å². The molecule has 0 amide bonds. The molecule has 0 unspecified atom stereocenters. The number of benzene rings is 1. The zero-order chi connectivity index (χ0) is 32.6. The van der Waals surface area contributed by atoms with Crippen molar-refractivity contribution < 1.29 is 53.1 Å². The summed E-state index contributed by atoms with van der Waals surface area (Å²) >= 11 is 0. The first kappa shape index (κ1) is 32.1. The summed E-state index contributed by atoms with van der Waals surface area (Å²) in [7, 11) is 0. The molecular formula is C33H42O11. The number of aliphatic hydroxyl groups is 2. The molecule has 0 aliphatic heterocycles. The van der Waals surface area contributed by atoms with E-state index in [9.17, 15) is 34.2 Å². The molecule has 1 aromatic rings. The monoisotopic (exact) mass is 614 g/mol. The van der Waals surface area contributed by atoms with Crippen molar-refractivity contribution in [3.8, 4) is 0 Å². The smallest absolute Gasteiger partial charge is 0.338 e. The first-order chi connectivity index (χ1) is 20.3. The maximum absolute atomic E-state index is 14.0. The van der Waals surface area contributed by atoms with Gasteiger partial charge in [-0.1, -0.05) is 39.0 Å². The van der Waals surface area contributed by atoms with Crippen molar-refractivity contribution in [2.75, 3.05) is 0 Å². The number of carbonyl (C=O) groups excluding carboxylic acids is 5. The van der Waals surface area contributed by atoms with Crippen LogP contribution in [0.4, 0.5) is 0 Å². The van der Waals surface area contributed by atoms with Crippen molar-refractivity contribution >= 4 is 29.7 Å². The van der Waals surface area contributed by atoms with E-state index in [0.29, 0.717) is 0 Å². The zero-order valence-corrected chi connectivity index (χ0v) is 26.2. The van der Waals surface area contributed by atoms with Crippen LogP contribution in [-0.2, 0) is 38.1 Å². The third-order valence-corrected chi connectivity index (χ3v) is 11.1. The van der Waals surface area contributed by atoms with Crippen LogP contribution in [0.2, 0.25) is 0 Å². The Balaban J connectivity index is 1.74. The molecule has 11 nitrogen and oxygen atoms in total. The molecular weight excluding hydrogens is 572 g/mol. The molecule has 0 radical (unpaired) electrons. The number of rotatable bonds is 5. The molecule has 240 valence electrons. The molecule has 0 heterocycles. The fraction of sp³-hybridized carbons (Fsp3) is 0.667. The normalized spacial score (nSPS) is 44.1. The molecule has 4 aliphatic carbocycles. The first-order valence-corrected chi connectivity index (χ1v) is 15.1. The van der Waals surface area contributed by atoms with E-state index < -0.39 is 93.4 Å². The van der Waals surface area contributed by atoms with E-state index in [4.69, 9.17) is 18.9 Å². The lowest BCUT2D eigenvalue weighted by molar-refractivity contribution is -0.287. The Kier molecular flexibility index (Phi) is 7.56. The molecule has 11 heteroatoms. The second-order valence-corrected chi connectivity index (χ2v) is 14.2. The molecule has 1 aromatic carbocycles. The molecule has 4 fully saturated rings. The summed E-state index contributed by atoms with van der Waals surface area (Å²) in [5.74, 6) is -5.72. The summed E-state index contributed by atoms with van der Waals surface area (Å²) in [6, 6.07) is 8.34. The minimum Gasteiger partial charge on any atom is -0.461 e. The number of Topliss-reactive ketones (excluding diaryl/α,β-unsaturated/α-hetero) is 1. The van der Waals surface area contributed by atoms with Crippen molar-refractivity contribution in [1.82, 2.24) is 0 Å². The highest BCUT2D eigenvalue weighted by atomic mass is 16.6. The van der Waals surface area contributed by atoms with Crippen LogP contribution >= 0.6 is 0 Å². The van der Waals surface area contributed by atoms with E-state index in [1.54, 1.807) is 51.1 Å². The largest absolute Gasteiger partial charge is 0.461 e. The van der Waals surface area contributed by atoms with Crippen LogP contribution in [0, 0.1) is 28.6 Å². The Labute approximate surface area is 256 Å². The highest BCUT2D eigenvalue weighted by Crippen LogP contribution is 2.75. The maximum Gasteiger partial charge on any atom is 0.338 e. The molecule has 4 saturated carbocycles. The number of ketones is 1. The van der Waals surface area contributed by atoms with Crippen LogP contribution in [0.3, 0.4) is 0 Å². The summed E-state index contributed by atoms with van der Waals surface area (Å²) in [4.78, 5) is 65.5. The Morgan fingerprint density at radius 1 is 0.864 bits per heavy atom. The van der Waals surface area contributed by atoms with Gasteiger partial charge in [-0.05, 0) is 37.8 Å². The van der Waals surface area contributed by atoms with Crippen LogP contribution in [0.1, 0.15) is 84.5 Å². The van der Waals surface area contributed by atoms with E-state index in [1.165, 1.54) is 27.7 Å². The molecule has 5 rings (SSSR count). The van der Waals surface area contributed by atoms with Crippen LogP contribution < -0.4 is 0 Å². The minimum absolute atomic E-state index is 0.00338. The SMILES string of the molecule is CC(=O)O[C@@H]1[C@H]2[C@@H](OC(=O)c3ccccc3)[C@@H](C)C[C@]2(O)[C@H](OC(C)=O)[C@@]2(C)[C@@H]3C[C@@](C)(O)CC(=O)[C@]3(OC(C)=O)C[C@@]12C. The van der Waals surface area contributed by atoms with Gasteiger partial charge in [0.05, 0.1) is 17.1 Å². The van der Waals surface area contributed by atoms with Crippen molar-refractivity contribution in [2.45, 2.75) is 109 Å². The fourth-order valence-electron chi connectivity index (χ4n) is 9.49. The van der Waals surface area contributed by atoms with Gasteiger partial charge < -0.3 is 29.2 Å². The predicted octanol–water partition coefficient (Wildman–Crippen LogP) is 2.92. The van der Waals surface area contributed by atoms with Gasteiger partial charge >= 0.3 is 23.9 Å². The van der Waals surface area contributed by atoms with Gasteiger partial charge in [-0.3, -0.25) is 19.2 Å². The summed E-state index contributed by atoms with van der Waals surface area (Å²) in [6.45, 7) is 10.4. The van der Waals surface area contributed by atoms with Crippen molar-refractivity contribution in [3.63, 3.8) is 0 Å². The van der Waals surface area contributed by atoms with E-state index in [2.05, 4.69) is 0 Å². The van der Waals surface area contributed by atoms with Gasteiger partial charge in [0, 0.05) is 50.4 Å². The lowest BCUT2D eigenvalue weighted by Gasteiger charge is -2.62. The van der Waals surface area contributed by atoms with Crippen LogP contribution in [0.25, 0.3) is 0 Å². The zero-order valence-electron chi connectivity index (χ0n) is 26.2. The molecule has 11 atom stereocenters. The third kappa shape index (κ3) is 4.57. The molecule has 0 saturated heterocycles. The molecule has 0 bridgehead atoms. The number of hydrogen-bond acceptors (Lipinski definition) is 11. The first-order valence-electron chi connectivity index (χ1n) is 15.1. The van der Waals surface area contributed by atoms with Crippen LogP contribution in [0.15, 0.2) is 30.3 Å². The summed E-state index contributed by atoms with van der Waals surface area (Å²) < 4.78 is 24.1. The lowest BCUT2D eigenvalue weighted by Crippen LogP contribution is -2.73. The van der Waals surface area contributed by atoms with E-state index >= 15 is 0 Å². The van der Waals surface area contributed by atoms with Gasteiger partial charge in [-0.15, -0.1) is 0 Å². The van der Waals surface area contributed by atoms with E-state index in [1.807, 2.05) is 0 Å². The van der Waals surface area contributed by atoms with Crippen molar-refractivity contribution in [2.24, 2.45) is 28.6 Å². The number of hydrogen-bond donors (Lipinski definition) is 2. The van der Waals surface area contributed by atoms with Gasteiger partial charge in [0.2, 0.25) is 0 Å². The van der Waals surface area contributed by atoms with Gasteiger partial charge in [-0.2, -0.15) is 0 Å². The van der Waals surface area contributed by atoms with Gasteiger partial charge in [0.15, 0.2) is 11.4 Å². The number of fused-ring (bicyclic) bond motifs is 4. The highest BCUT2D eigenvalue weighted by molar-refractivity contribution is 5.92. The molecule has 44 heavy (non-hydrogen) atoms. The van der Waals surface area contributed by atoms with Crippen LogP contribution in [0.5, 0.6) is 0 Å². The summed E-state index contributed by atoms with van der Waals surface area (Å²) in [6.07, 6.45) is -3.91.